The molecule has 88 valence electrons. The lowest BCUT2D eigenvalue weighted by atomic mass is 10.3. The molecule has 1 heterocycles. The first-order valence-corrected chi connectivity index (χ1v) is 4.08. The lowest BCUT2D eigenvalue weighted by Gasteiger charge is -2.27. The number of hydrogen-bond donors (Lipinski definition) is 1. The van der Waals surface area contributed by atoms with Crippen molar-refractivity contribution in [3.05, 3.63) is 0 Å². The first kappa shape index (κ1) is 16.7. The van der Waals surface area contributed by atoms with Crippen LogP contribution in [0.5, 0.6) is 0 Å². The average Bonchev–Trinajstić information content (AvgIpc) is 2.02. The predicted molar refractivity (Wildman–Crippen MR) is 54.5 cm³/mol. The van der Waals surface area contributed by atoms with Crippen LogP contribution in [0.1, 0.15) is 6.42 Å². The van der Waals surface area contributed by atoms with Crippen molar-refractivity contribution in [3.8, 4) is 0 Å². The van der Waals surface area contributed by atoms with Crippen molar-refractivity contribution >= 4 is 24.8 Å². The fourth-order valence-electron chi connectivity index (χ4n) is 1.22. The summed E-state index contributed by atoms with van der Waals surface area (Å²) in [4.78, 5) is 1.84. The van der Waals surface area contributed by atoms with Crippen molar-refractivity contribution in [2.75, 3.05) is 32.7 Å². The molecule has 0 spiro atoms. The van der Waals surface area contributed by atoms with Crippen LogP contribution in [0.15, 0.2) is 0 Å². The van der Waals surface area contributed by atoms with Gasteiger partial charge in [0.2, 0.25) is 0 Å². The van der Waals surface area contributed by atoms with E-state index in [0.717, 1.165) is 26.2 Å². The zero-order chi connectivity index (χ0) is 9.03. The van der Waals surface area contributed by atoms with E-state index in [2.05, 4.69) is 5.32 Å². The molecule has 0 saturated carbocycles. The maximum atomic E-state index is 11.8. The summed E-state index contributed by atoms with van der Waals surface area (Å²) in [5.74, 6) is 0. The lowest BCUT2D eigenvalue weighted by molar-refractivity contribution is -0.138. The molecule has 7 heteroatoms. The second-order valence-electron chi connectivity index (χ2n) is 2.96. The first-order chi connectivity index (χ1) is 5.58. The Bertz CT molecular complexity index is 137. The highest BCUT2D eigenvalue weighted by molar-refractivity contribution is 5.85. The van der Waals surface area contributed by atoms with E-state index < -0.39 is 12.6 Å². The quantitative estimate of drug-likeness (QED) is 0.807. The Labute approximate surface area is 94.0 Å². The summed E-state index contributed by atoms with van der Waals surface area (Å²) in [5.41, 5.74) is 0. The zero-order valence-electron chi connectivity index (χ0n) is 7.64. The minimum absolute atomic E-state index is 0. The Balaban J connectivity index is 0. The summed E-state index contributed by atoms with van der Waals surface area (Å²) in [5, 5.41) is 3.09. The van der Waals surface area contributed by atoms with Crippen LogP contribution in [0.3, 0.4) is 0 Å². The minimum atomic E-state index is -4.01. The fraction of sp³-hybridized carbons (Fsp3) is 1.00. The summed E-state index contributed by atoms with van der Waals surface area (Å²) in [6, 6.07) is 0. The number of nitrogens with zero attached hydrogens (tertiary/aromatic N) is 1. The molecule has 0 aliphatic carbocycles. The lowest BCUT2D eigenvalue weighted by Crippen LogP contribution is -2.44. The summed E-state index contributed by atoms with van der Waals surface area (Å²) in [6.45, 7) is 3.22. The van der Waals surface area contributed by atoms with E-state index in [4.69, 9.17) is 0 Å². The number of piperazine rings is 1. The van der Waals surface area contributed by atoms with Crippen molar-refractivity contribution in [2.24, 2.45) is 0 Å². The Morgan fingerprint density at radius 3 is 2.00 bits per heavy atom. The molecule has 1 fully saturated rings. The molecule has 0 aromatic rings. The van der Waals surface area contributed by atoms with Crippen LogP contribution in [0.4, 0.5) is 13.2 Å². The summed E-state index contributed by atoms with van der Waals surface area (Å²) in [6.07, 6.45) is -4.70. The summed E-state index contributed by atoms with van der Waals surface area (Å²) < 4.78 is 35.3. The third-order valence-corrected chi connectivity index (χ3v) is 1.92. The highest BCUT2D eigenvalue weighted by Gasteiger charge is 2.27. The number of alkyl halides is 3. The normalized spacial score (nSPS) is 18.2. The molecule has 1 N–H and O–H groups in total. The van der Waals surface area contributed by atoms with Gasteiger partial charge in [-0.05, 0) is 0 Å². The van der Waals surface area contributed by atoms with Crippen molar-refractivity contribution in [2.45, 2.75) is 12.6 Å². The molecule has 0 aromatic carbocycles. The molecular weight excluding hydrogens is 240 g/mol. The molecule has 2 nitrogen and oxygen atoms in total. The maximum absolute atomic E-state index is 11.8. The zero-order valence-corrected chi connectivity index (χ0v) is 9.27. The third-order valence-electron chi connectivity index (χ3n) is 1.92. The van der Waals surface area contributed by atoms with Crippen LogP contribution < -0.4 is 5.32 Å². The predicted octanol–water partition coefficient (Wildman–Crippen LogP) is 1.69. The third kappa shape index (κ3) is 7.67. The summed E-state index contributed by atoms with van der Waals surface area (Å²) >= 11 is 0. The van der Waals surface area contributed by atoms with Crippen LogP contribution in [-0.4, -0.2) is 43.8 Å². The highest BCUT2D eigenvalue weighted by Crippen LogP contribution is 2.19. The van der Waals surface area contributed by atoms with Gasteiger partial charge in [-0.3, -0.25) is 0 Å². The molecule has 1 rings (SSSR count). The van der Waals surface area contributed by atoms with Gasteiger partial charge >= 0.3 is 6.18 Å². The van der Waals surface area contributed by atoms with Crippen molar-refractivity contribution in [1.29, 1.82) is 0 Å². The minimum Gasteiger partial charge on any atom is -0.314 e. The van der Waals surface area contributed by atoms with Gasteiger partial charge in [-0.25, -0.2) is 0 Å². The van der Waals surface area contributed by atoms with Gasteiger partial charge in [-0.15, -0.1) is 24.8 Å². The smallest absolute Gasteiger partial charge is 0.314 e. The van der Waals surface area contributed by atoms with Gasteiger partial charge < -0.3 is 10.2 Å². The van der Waals surface area contributed by atoms with Gasteiger partial charge in [0.25, 0.3) is 0 Å². The standard InChI is InChI=1S/C7H13F3N2.2ClH/c8-7(9,10)1-4-12-5-2-11-3-6-12;;/h11H,1-6H2;2*1H. The van der Waals surface area contributed by atoms with Gasteiger partial charge in [0.1, 0.15) is 0 Å². The van der Waals surface area contributed by atoms with Crippen LogP contribution in [0.25, 0.3) is 0 Å². The van der Waals surface area contributed by atoms with E-state index in [9.17, 15) is 13.2 Å². The molecule has 0 amide bonds. The molecule has 0 unspecified atom stereocenters. The topological polar surface area (TPSA) is 15.3 Å². The molecule has 0 aromatic heterocycles. The van der Waals surface area contributed by atoms with Crippen molar-refractivity contribution < 1.29 is 13.2 Å². The van der Waals surface area contributed by atoms with E-state index in [-0.39, 0.29) is 31.4 Å². The molecule has 1 saturated heterocycles. The van der Waals surface area contributed by atoms with Crippen LogP contribution in [-0.2, 0) is 0 Å². The van der Waals surface area contributed by atoms with E-state index in [1.807, 2.05) is 4.90 Å². The van der Waals surface area contributed by atoms with Crippen molar-refractivity contribution in [1.82, 2.24) is 10.2 Å². The number of halogens is 5. The van der Waals surface area contributed by atoms with Crippen molar-refractivity contribution in [3.63, 3.8) is 0 Å². The molecule has 1 aliphatic heterocycles. The molecule has 0 radical (unpaired) electrons. The SMILES string of the molecule is Cl.Cl.FC(F)(F)CCN1CCNCC1. The Hall–Kier alpha value is 0.290. The average molecular weight is 255 g/mol. The van der Waals surface area contributed by atoms with Gasteiger partial charge in [-0.1, -0.05) is 0 Å². The maximum Gasteiger partial charge on any atom is 0.390 e. The largest absolute Gasteiger partial charge is 0.390 e. The monoisotopic (exact) mass is 254 g/mol. The highest BCUT2D eigenvalue weighted by atomic mass is 35.5. The van der Waals surface area contributed by atoms with Gasteiger partial charge in [0.05, 0.1) is 6.42 Å². The van der Waals surface area contributed by atoms with E-state index in [0.29, 0.717) is 0 Å². The van der Waals surface area contributed by atoms with E-state index >= 15 is 0 Å². The first-order valence-electron chi connectivity index (χ1n) is 4.08. The number of nitrogens with one attached hydrogen (secondary N) is 1. The number of hydrogen-bond acceptors (Lipinski definition) is 2. The van der Waals surface area contributed by atoms with E-state index in [1.165, 1.54) is 0 Å². The second kappa shape index (κ2) is 7.56. The van der Waals surface area contributed by atoms with Gasteiger partial charge in [0, 0.05) is 32.7 Å². The second-order valence-corrected chi connectivity index (χ2v) is 2.96. The van der Waals surface area contributed by atoms with E-state index in [1.54, 1.807) is 0 Å². The Morgan fingerprint density at radius 2 is 1.57 bits per heavy atom. The fourth-order valence-corrected chi connectivity index (χ4v) is 1.22. The molecule has 0 atom stereocenters. The van der Waals surface area contributed by atoms with Crippen LogP contribution >= 0.6 is 24.8 Å². The summed E-state index contributed by atoms with van der Waals surface area (Å²) in [7, 11) is 0. The van der Waals surface area contributed by atoms with Crippen LogP contribution in [0, 0.1) is 0 Å². The van der Waals surface area contributed by atoms with Crippen LogP contribution in [0.2, 0.25) is 0 Å². The van der Waals surface area contributed by atoms with Gasteiger partial charge in [-0.2, -0.15) is 13.2 Å². The molecule has 0 bridgehead atoms. The Morgan fingerprint density at radius 1 is 1.07 bits per heavy atom. The molecular formula is C7H15Cl2F3N2. The molecule has 1 aliphatic rings. The Kier molecular flexibility index (Phi) is 9.03. The van der Waals surface area contributed by atoms with Gasteiger partial charge in [0.15, 0.2) is 0 Å². The molecule has 14 heavy (non-hydrogen) atoms. The number of rotatable bonds is 2.